The summed E-state index contributed by atoms with van der Waals surface area (Å²) in [4.78, 5) is 16.7. The Bertz CT molecular complexity index is 1470. The smallest absolute Gasteiger partial charge is 0.166 e. The number of halogens is 1. The molecule has 0 aliphatic rings. The molecule has 2 aromatic carbocycles. The molecule has 0 fully saturated rings. The molecule has 0 saturated heterocycles. The Morgan fingerprint density at radius 2 is 1.71 bits per heavy atom. The highest BCUT2D eigenvalue weighted by Crippen LogP contribution is 2.34. The number of nitrogens with zero attached hydrogens (tertiary/aromatic N) is 5. The number of anilines is 1. The van der Waals surface area contributed by atoms with E-state index in [1.54, 1.807) is 30.6 Å². The number of ether oxygens (including phenoxy) is 2. The third-order valence-electron chi connectivity index (χ3n) is 5.32. The van der Waals surface area contributed by atoms with E-state index in [4.69, 9.17) is 15.2 Å². The minimum Gasteiger partial charge on any atom is -0.489 e. The van der Waals surface area contributed by atoms with Crippen LogP contribution in [0, 0.1) is 12.7 Å². The van der Waals surface area contributed by atoms with Crippen molar-refractivity contribution in [2.75, 3.05) is 5.73 Å². The molecule has 0 bridgehead atoms. The summed E-state index contributed by atoms with van der Waals surface area (Å²) in [5, 5.41) is 0.786. The van der Waals surface area contributed by atoms with Gasteiger partial charge < -0.3 is 19.8 Å². The van der Waals surface area contributed by atoms with Crippen molar-refractivity contribution in [2.24, 2.45) is 7.05 Å². The highest BCUT2D eigenvalue weighted by Gasteiger charge is 2.14. The van der Waals surface area contributed by atoms with Gasteiger partial charge in [-0.05, 0) is 36.8 Å². The molecule has 170 valence electrons. The van der Waals surface area contributed by atoms with Gasteiger partial charge in [-0.3, -0.25) is 0 Å². The van der Waals surface area contributed by atoms with E-state index in [9.17, 15) is 4.39 Å². The van der Waals surface area contributed by atoms with E-state index in [0.717, 1.165) is 27.7 Å². The van der Waals surface area contributed by atoms with Gasteiger partial charge in [-0.15, -0.1) is 0 Å². The number of hydrogen-bond acceptors (Lipinski definition) is 7. The van der Waals surface area contributed by atoms with Crippen LogP contribution in [-0.4, -0.2) is 24.5 Å². The quantitative estimate of drug-likeness (QED) is 0.391. The van der Waals surface area contributed by atoms with Gasteiger partial charge in [0.1, 0.15) is 41.7 Å². The van der Waals surface area contributed by atoms with Crippen molar-refractivity contribution < 1.29 is 13.9 Å². The van der Waals surface area contributed by atoms with E-state index in [1.165, 1.54) is 18.5 Å². The van der Waals surface area contributed by atoms with Crippen LogP contribution in [0.3, 0.4) is 0 Å². The molecule has 3 heterocycles. The van der Waals surface area contributed by atoms with Crippen molar-refractivity contribution in [1.29, 1.82) is 0 Å². The van der Waals surface area contributed by atoms with Crippen LogP contribution >= 0.6 is 0 Å². The van der Waals surface area contributed by atoms with Crippen LogP contribution in [0.1, 0.15) is 11.4 Å². The zero-order valence-corrected chi connectivity index (χ0v) is 18.6. The third kappa shape index (κ3) is 4.23. The van der Waals surface area contributed by atoms with E-state index in [1.807, 2.05) is 36.9 Å². The summed E-state index contributed by atoms with van der Waals surface area (Å²) in [5.74, 6) is 1.62. The van der Waals surface area contributed by atoms with Gasteiger partial charge in [0.25, 0.3) is 0 Å². The van der Waals surface area contributed by atoms with Crippen LogP contribution in [0.4, 0.5) is 10.2 Å². The molecule has 9 heteroatoms. The number of benzene rings is 2. The normalized spacial score (nSPS) is 11.0. The molecule has 2 N–H and O–H groups in total. The number of hydrogen-bond donors (Lipinski definition) is 1. The number of fused-ring (bicyclic) bond motifs is 1. The maximum absolute atomic E-state index is 14.4. The molecule has 0 amide bonds. The summed E-state index contributed by atoms with van der Waals surface area (Å²) < 4.78 is 27.8. The molecule has 0 unspecified atom stereocenters. The van der Waals surface area contributed by atoms with Gasteiger partial charge in [0.2, 0.25) is 0 Å². The van der Waals surface area contributed by atoms with E-state index in [2.05, 4.69) is 19.9 Å². The minimum atomic E-state index is -0.492. The van der Waals surface area contributed by atoms with Crippen molar-refractivity contribution in [3.05, 3.63) is 84.6 Å². The Kier molecular flexibility index (Phi) is 5.51. The second-order valence-electron chi connectivity index (χ2n) is 7.76. The summed E-state index contributed by atoms with van der Waals surface area (Å²) in [7, 11) is 1.90. The minimum absolute atomic E-state index is 0.0632. The number of rotatable bonds is 6. The Morgan fingerprint density at radius 3 is 2.47 bits per heavy atom. The molecule has 0 aliphatic carbocycles. The van der Waals surface area contributed by atoms with E-state index < -0.39 is 5.82 Å². The van der Waals surface area contributed by atoms with Crippen molar-refractivity contribution in [1.82, 2.24) is 24.5 Å². The Morgan fingerprint density at radius 1 is 0.971 bits per heavy atom. The lowest BCUT2D eigenvalue weighted by Gasteiger charge is -2.11. The van der Waals surface area contributed by atoms with Gasteiger partial charge in [-0.2, -0.15) is 0 Å². The molecule has 3 aromatic heterocycles. The van der Waals surface area contributed by atoms with Crippen molar-refractivity contribution in [3.8, 4) is 28.4 Å². The molecule has 8 nitrogen and oxygen atoms in total. The fraction of sp³-hybridized carbons (Fsp3) is 0.120. The number of nitrogen functional groups attached to an aromatic ring is 1. The topological polar surface area (TPSA) is 101 Å². The average Bonchev–Trinajstić information content (AvgIpc) is 3.19. The lowest BCUT2D eigenvalue weighted by Crippen LogP contribution is -1.99. The third-order valence-corrected chi connectivity index (χ3v) is 5.32. The molecule has 0 saturated carbocycles. The molecule has 5 rings (SSSR count). The van der Waals surface area contributed by atoms with Gasteiger partial charge in [0, 0.05) is 42.8 Å². The van der Waals surface area contributed by atoms with Crippen molar-refractivity contribution in [2.45, 2.75) is 13.5 Å². The number of aromatic nitrogens is 5. The van der Waals surface area contributed by atoms with Gasteiger partial charge in [-0.1, -0.05) is 12.1 Å². The van der Waals surface area contributed by atoms with Gasteiger partial charge >= 0.3 is 0 Å². The predicted octanol–water partition coefficient (Wildman–Crippen LogP) is 4.83. The molecule has 0 radical (unpaired) electrons. The van der Waals surface area contributed by atoms with Crippen LogP contribution in [0.15, 0.2) is 67.4 Å². The van der Waals surface area contributed by atoms with Gasteiger partial charge in [0.05, 0.1) is 5.39 Å². The maximum atomic E-state index is 14.4. The van der Waals surface area contributed by atoms with Crippen LogP contribution in [0.2, 0.25) is 0 Å². The molecule has 0 spiro atoms. The van der Waals surface area contributed by atoms with E-state index in [0.29, 0.717) is 23.1 Å². The standard InChI is InChI=1S/C25H21FN6O2/c1-15-28-10-16(11-29-15)13-33-19-7-8-21(26)22(9-19)34-18-5-3-17(4-6-18)20-12-32(2)25-23(20)24(27)30-14-31-25/h3-12,14H,13H2,1-2H3,(H2,27,30,31). The maximum Gasteiger partial charge on any atom is 0.166 e. The molecule has 0 aliphatic heterocycles. The fourth-order valence-electron chi connectivity index (χ4n) is 3.60. The molecule has 0 atom stereocenters. The largest absolute Gasteiger partial charge is 0.489 e. The van der Waals surface area contributed by atoms with Crippen LogP contribution < -0.4 is 15.2 Å². The van der Waals surface area contributed by atoms with Crippen LogP contribution in [0.25, 0.3) is 22.2 Å². The molecule has 5 aromatic rings. The van der Waals surface area contributed by atoms with Crippen LogP contribution in [-0.2, 0) is 13.7 Å². The Labute approximate surface area is 194 Å². The highest BCUT2D eigenvalue weighted by atomic mass is 19.1. The molecule has 34 heavy (non-hydrogen) atoms. The lowest BCUT2D eigenvalue weighted by atomic mass is 10.1. The first-order chi connectivity index (χ1) is 16.5. The first-order valence-corrected chi connectivity index (χ1v) is 10.5. The Hall–Kier alpha value is -4.53. The van der Waals surface area contributed by atoms with E-state index in [-0.39, 0.29) is 12.4 Å². The first kappa shape index (κ1) is 21.3. The summed E-state index contributed by atoms with van der Waals surface area (Å²) >= 11 is 0. The molecular formula is C25H21FN6O2. The average molecular weight is 456 g/mol. The van der Waals surface area contributed by atoms with Crippen molar-refractivity contribution >= 4 is 16.9 Å². The lowest BCUT2D eigenvalue weighted by molar-refractivity contribution is 0.302. The van der Waals surface area contributed by atoms with Gasteiger partial charge in [0.15, 0.2) is 11.6 Å². The fourth-order valence-corrected chi connectivity index (χ4v) is 3.60. The van der Waals surface area contributed by atoms with Crippen molar-refractivity contribution in [3.63, 3.8) is 0 Å². The van der Waals surface area contributed by atoms with E-state index >= 15 is 0 Å². The highest BCUT2D eigenvalue weighted by molar-refractivity contribution is 6.00. The monoisotopic (exact) mass is 456 g/mol. The summed E-state index contributed by atoms with van der Waals surface area (Å²) in [6.45, 7) is 2.07. The zero-order valence-electron chi connectivity index (χ0n) is 18.6. The summed E-state index contributed by atoms with van der Waals surface area (Å²) in [5.41, 5.74) is 9.47. The summed E-state index contributed by atoms with van der Waals surface area (Å²) in [6.07, 6.45) is 6.78. The summed E-state index contributed by atoms with van der Waals surface area (Å²) in [6, 6.07) is 11.7. The Balaban J connectivity index is 1.34. The van der Waals surface area contributed by atoms with Gasteiger partial charge in [-0.25, -0.2) is 24.3 Å². The SMILES string of the molecule is Cc1ncc(COc2ccc(F)c(Oc3ccc(-c4cn(C)c5ncnc(N)c45)cc3)c2)cn1. The predicted molar refractivity (Wildman–Crippen MR) is 126 cm³/mol. The second kappa shape index (κ2) is 8.78. The number of aryl methyl sites for hydroxylation is 2. The zero-order chi connectivity index (χ0) is 23.7. The molecular weight excluding hydrogens is 435 g/mol. The second-order valence-corrected chi connectivity index (χ2v) is 7.76. The first-order valence-electron chi connectivity index (χ1n) is 10.5. The van der Waals surface area contributed by atoms with Crippen LogP contribution in [0.5, 0.6) is 17.2 Å². The number of nitrogens with two attached hydrogens (primary N) is 1.